The fraction of sp³-hybridized carbons (Fsp3) is 0.167. The zero-order valence-corrected chi connectivity index (χ0v) is 14.2. The van der Waals surface area contributed by atoms with E-state index in [0.29, 0.717) is 19.6 Å². The van der Waals surface area contributed by atoms with E-state index in [1.807, 2.05) is 42.5 Å². The van der Waals surface area contributed by atoms with E-state index < -0.39 is 0 Å². The highest BCUT2D eigenvalue weighted by Crippen LogP contribution is 2.23. The van der Waals surface area contributed by atoms with E-state index in [2.05, 4.69) is 16.5 Å². The lowest BCUT2D eigenvalue weighted by molar-refractivity contribution is 0.0936. The molecule has 3 nitrogen and oxygen atoms in total. The van der Waals surface area contributed by atoms with Crippen molar-refractivity contribution in [2.75, 3.05) is 13.1 Å². The van der Waals surface area contributed by atoms with Gasteiger partial charge in [0.1, 0.15) is 0 Å². The third-order valence-corrected chi connectivity index (χ3v) is 4.87. The number of rotatable bonds is 7. The standard InChI is InChI=1S/C18H17ClN2OS/c1-2-9-21(11-13-7-8-18(19)23-13)12-17(22)15-10-20-16-6-4-3-5-14(15)16/h2-8,10,20H,1,9,11-12H2. The van der Waals surface area contributed by atoms with Crippen molar-refractivity contribution < 1.29 is 4.79 Å². The predicted molar refractivity (Wildman–Crippen MR) is 97.4 cm³/mol. The normalized spacial score (nSPS) is 11.2. The Morgan fingerprint density at radius 2 is 2.13 bits per heavy atom. The molecule has 0 atom stereocenters. The van der Waals surface area contributed by atoms with Crippen LogP contribution < -0.4 is 0 Å². The van der Waals surface area contributed by atoms with Crippen LogP contribution in [0.5, 0.6) is 0 Å². The third-order valence-electron chi connectivity index (χ3n) is 3.65. The number of carbonyl (C=O) groups excluding carboxylic acids is 1. The number of H-pyrrole nitrogens is 1. The molecule has 1 aromatic carbocycles. The number of hydrogen-bond acceptors (Lipinski definition) is 3. The van der Waals surface area contributed by atoms with Gasteiger partial charge in [0.05, 0.1) is 10.9 Å². The lowest BCUT2D eigenvalue weighted by atomic mass is 10.1. The molecule has 118 valence electrons. The van der Waals surface area contributed by atoms with Crippen molar-refractivity contribution in [1.82, 2.24) is 9.88 Å². The molecule has 2 heterocycles. The maximum atomic E-state index is 12.7. The van der Waals surface area contributed by atoms with Crippen molar-refractivity contribution in [2.24, 2.45) is 0 Å². The second kappa shape index (κ2) is 7.13. The highest BCUT2D eigenvalue weighted by Gasteiger charge is 2.16. The molecule has 0 bridgehead atoms. The Morgan fingerprint density at radius 3 is 2.87 bits per heavy atom. The van der Waals surface area contributed by atoms with Gasteiger partial charge < -0.3 is 4.98 Å². The Bertz CT molecular complexity index is 836. The largest absolute Gasteiger partial charge is 0.360 e. The summed E-state index contributed by atoms with van der Waals surface area (Å²) < 4.78 is 0.765. The molecule has 23 heavy (non-hydrogen) atoms. The van der Waals surface area contributed by atoms with E-state index in [-0.39, 0.29) is 5.78 Å². The number of fused-ring (bicyclic) bond motifs is 1. The van der Waals surface area contributed by atoms with Gasteiger partial charge in [-0.2, -0.15) is 0 Å². The van der Waals surface area contributed by atoms with E-state index in [4.69, 9.17) is 11.6 Å². The predicted octanol–water partition coefficient (Wildman–Crippen LogP) is 4.75. The molecular weight excluding hydrogens is 328 g/mol. The SMILES string of the molecule is C=CCN(CC(=O)c1c[nH]c2ccccc12)Cc1ccc(Cl)s1. The molecule has 0 radical (unpaired) electrons. The van der Waals surface area contributed by atoms with Crippen molar-refractivity contribution >= 4 is 39.6 Å². The van der Waals surface area contributed by atoms with Gasteiger partial charge in [-0.05, 0) is 18.2 Å². The van der Waals surface area contributed by atoms with Crippen molar-refractivity contribution in [3.63, 3.8) is 0 Å². The van der Waals surface area contributed by atoms with Gasteiger partial charge >= 0.3 is 0 Å². The average Bonchev–Trinajstić information content (AvgIpc) is 3.13. The quantitative estimate of drug-likeness (QED) is 0.495. The topological polar surface area (TPSA) is 36.1 Å². The highest BCUT2D eigenvalue weighted by molar-refractivity contribution is 7.16. The lowest BCUT2D eigenvalue weighted by Gasteiger charge is -2.18. The van der Waals surface area contributed by atoms with Gasteiger partial charge in [-0.1, -0.05) is 35.9 Å². The molecule has 0 spiro atoms. The second-order valence-corrected chi connectivity index (χ2v) is 7.13. The first-order valence-electron chi connectivity index (χ1n) is 7.34. The molecule has 0 aliphatic rings. The van der Waals surface area contributed by atoms with E-state index >= 15 is 0 Å². The molecule has 2 aromatic heterocycles. The van der Waals surface area contributed by atoms with Gasteiger partial charge in [0.15, 0.2) is 5.78 Å². The Hall–Kier alpha value is -1.88. The number of benzene rings is 1. The molecule has 0 aliphatic heterocycles. The minimum Gasteiger partial charge on any atom is -0.360 e. The molecule has 0 saturated heterocycles. The molecule has 0 saturated carbocycles. The summed E-state index contributed by atoms with van der Waals surface area (Å²) in [6.45, 7) is 5.48. The number of Topliss-reactive ketones (excluding diaryl/α,β-unsaturated/α-hetero) is 1. The molecule has 1 N–H and O–H groups in total. The summed E-state index contributed by atoms with van der Waals surface area (Å²) in [5, 5.41) is 0.968. The third kappa shape index (κ3) is 3.72. The van der Waals surface area contributed by atoms with Crippen LogP contribution in [0.15, 0.2) is 55.3 Å². The molecule has 0 fully saturated rings. The smallest absolute Gasteiger partial charge is 0.178 e. The van der Waals surface area contributed by atoms with Gasteiger partial charge in [-0.25, -0.2) is 0 Å². The number of hydrogen-bond donors (Lipinski definition) is 1. The van der Waals surface area contributed by atoms with Crippen molar-refractivity contribution in [3.8, 4) is 0 Å². The molecule has 0 unspecified atom stereocenters. The lowest BCUT2D eigenvalue weighted by Crippen LogP contribution is -2.29. The Morgan fingerprint density at radius 1 is 1.30 bits per heavy atom. The summed E-state index contributed by atoms with van der Waals surface area (Å²) in [7, 11) is 0. The number of nitrogens with one attached hydrogen (secondary N) is 1. The minimum atomic E-state index is 0.104. The second-order valence-electron chi connectivity index (χ2n) is 5.34. The minimum absolute atomic E-state index is 0.104. The number of nitrogens with zero attached hydrogens (tertiary/aromatic N) is 1. The zero-order valence-electron chi connectivity index (χ0n) is 12.6. The Balaban J connectivity index is 1.76. The van der Waals surface area contributed by atoms with Gasteiger partial charge in [-0.3, -0.25) is 9.69 Å². The molecular formula is C18H17ClN2OS. The van der Waals surface area contributed by atoms with Crippen LogP contribution in [0.4, 0.5) is 0 Å². The van der Waals surface area contributed by atoms with E-state index in [1.165, 1.54) is 0 Å². The number of aromatic nitrogens is 1. The molecule has 0 aliphatic carbocycles. The summed E-state index contributed by atoms with van der Waals surface area (Å²) in [4.78, 5) is 19.0. The fourth-order valence-corrected chi connectivity index (χ4v) is 3.75. The maximum Gasteiger partial charge on any atom is 0.178 e. The highest BCUT2D eigenvalue weighted by atomic mass is 35.5. The van der Waals surface area contributed by atoms with Gasteiger partial charge in [0.2, 0.25) is 0 Å². The van der Waals surface area contributed by atoms with Gasteiger partial charge in [0, 0.05) is 40.6 Å². The first kappa shape index (κ1) is 16.0. The molecule has 0 amide bonds. The van der Waals surface area contributed by atoms with E-state index in [1.54, 1.807) is 17.5 Å². The van der Waals surface area contributed by atoms with Crippen LogP contribution in [0.2, 0.25) is 4.34 Å². The number of aromatic amines is 1. The van der Waals surface area contributed by atoms with Crippen molar-refractivity contribution in [2.45, 2.75) is 6.54 Å². The van der Waals surface area contributed by atoms with Crippen LogP contribution in [0.25, 0.3) is 10.9 Å². The number of thiophene rings is 1. The maximum absolute atomic E-state index is 12.7. The number of para-hydroxylation sites is 1. The van der Waals surface area contributed by atoms with Crippen molar-refractivity contribution in [3.05, 3.63) is 70.0 Å². The fourth-order valence-electron chi connectivity index (χ4n) is 2.62. The number of carbonyl (C=O) groups is 1. The van der Waals surface area contributed by atoms with Crippen LogP contribution in [0.1, 0.15) is 15.2 Å². The summed E-state index contributed by atoms with van der Waals surface area (Å²) in [6.07, 6.45) is 3.61. The Labute approximate surface area is 144 Å². The van der Waals surface area contributed by atoms with E-state index in [9.17, 15) is 4.79 Å². The van der Waals surface area contributed by atoms with Crippen LogP contribution in [0.3, 0.4) is 0 Å². The monoisotopic (exact) mass is 344 g/mol. The average molecular weight is 345 g/mol. The molecule has 3 aromatic rings. The first-order valence-corrected chi connectivity index (χ1v) is 8.53. The summed E-state index contributed by atoms with van der Waals surface area (Å²) in [5.41, 5.74) is 1.72. The number of halogens is 1. The van der Waals surface area contributed by atoms with E-state index in [0.717, 1.165) is 25.7 Å². The summed E-state index contributed by atoms with van der Waals surface area (Å²) >= 11 is 7.52. The number of ketones is 1. The van der Waals surface area contributed by atoms with Crippen LogP contribution >= 0.6 is 22.9 Å². The van der Waals surface area contributed by atoms with Crippen molar-refractivity contribution in [1.29, 1.82) is 0 Å². The van der Waals surface area contributed by atoms with Crippen LogP contribution in [0, 0.1) is 0 Å². The zero-order chi connectivity index (χ0) is 16.2. The van der Waals surface area contributed by atoms with Crippen LogP contribution in [-0.2, 0) is 6.54 Å². The summed E-state index contributed by atoms with van der Waals surface area (Å²) in [6, 6.07) is 11.7. The Kier molecular flexibility index (Phi) is 4.96. The molecule has 3 rings (SSSR count). The van der Waals surface area contributed by atoms with Gasteiger partial charge in [-0.15, -0.1) is 17.9 Å². The summed E-state index contributed by atoms with van der Waals surface area (Å²) in [5.74, 6) is 0.104. The van der Waals surface area contributed by atoms with Crippen LogP contribution in [-0.4, -0.2) is 28.8 Å². The molecule has 5 heteroatoms. The van der Waals surface area contributed by atoms with Gasteiger partial charge in [0.25, 0.3) is 0 Å². The first-order chi connectivity index (χ1) is 11.2.